The van der Waals surface area contributed by atoms with E-state index < -0.39 is 23.8 Å². The molecule has 0 aliphatic carbocycles. The van der Waals surface area contributed by atoms with Crippen molar-refractivity contribution in [1.29, 1.82) is 0 Å². The van der Waals surface area contributed by atoms with E-state index in [0.29, 0.717) is 6.42 Å². The van der Waals surface area contributed by atoms with Crippen molar-refractivity contribution in [3.63, 3.8) is 0 Å². The van der Waals surface area contributed by atoms with E-state index in [0.717, 1.165) is 6.42 Å². The molecule has 0 aromatic heterocycles. The van der Waals surface area contributed by atoms with Crippen LogP contribution >= 0.6 is 0 Å². The van der Waals surface area contributed by atoms with Crippen LogP contribution in [-0.2, 0) is 14.3 Å². The van der Waals surface area contributed by atoms with Gasteiger partial charge >= 0.3 is 11.9 Å². The summed E-state index contributed by atoms with van der Waals surface area (Å²) < 4.78 is 5.02. The Morgan fingerprint density at radius 2 is 1.82 bits per heavy atom. The summed E-state index contributed by atoms with van der Waals surface area (Å²) in [6.07, 6.45) is 4.70. The van der Waals surface area contributed by atoms with E-state index in [1.54, 1.807) is 26.8 Å². The van der Waals surface area contributed by atoms with Gasteiger partial charge < -0.3 is 9.84 Å². The molecule has 0 spiro atoms. The van der Waals surface area contributed by atoms with Crippen LogP contribution in [0.3, 0.4) is 0 Å². The number of carboxylic acids is 1. The Bertz CT molecular complexity index is 281. The molecule has 0 aliphatic heterocycles. The number of carbonyl (C=O) groups is 2. The minimum atomic E-state index is -0.959. The summed E-state index contributed by atoms with van der Waals surface area (Å²) in [6.45, 7) is 7.07. The second kappa shape index (κ2) is 7.87. The average molecular weight is 242 g/mol. The molecule has 98 valence electrons. The van der Waals surface area contributed by atoms with Gasteiger partial charge in [0.15, 0.2) is 0 Å². The Balaban J connectivity index is 4.53. The Hall–Kier alpha value is -1.32. The molecule has 1 N–H and O–H groups in total. The summed E-state index contributed by atoms with van der Waals surface area (Å²) in [5.41, 5.74) is 0. The van der Waals surface area contributed by atoms with E-state index in [1.165, 1.54) is 0 Å². The maximum Gasteiger partial charge on any atom is 0.309 e. The Morgan fingerprint density at radius 1 is 1.24 bits per heavy atom. The van der Waals surface area contributed by atoms with Crippen LogP contribution in [0, 0.1) is 11.8 Å². The van der Waals surface area contributed by atoms with Crippen LogP contribution in [0.25, 0.3) is 0 Å². The van der Waals surface area contributed by atoms with E-state index in [1.807, 2.05) is 13.0 Å². The highest BCUT2D eigenvalue weighted by Gasteiger charge is 2.30. The molecule has 0 heterocycles. The largest absolute Gasteiger partial charge is 0.481 e. The molecule has 2 unspecified atom stereocenters. The second-order valence-corrected chi connectivity index (χ2v) is 4.33. The lowest BCUT2D eigenvalue weighted by Gasteiger charge is -2.19. The molecule has 0 fully saturated rings. The van der Waals surface area contributed by atoms with E-state index >= 15 is 0 Å². The topological polar surface area (TPSA) is 63.6 Å². The Labute approximate surface area is 103 Å². The van der Waals surface area contributed by atoms with Crippen molar-refractivity contribution in [2.45, 2.75) is 46.6 Å². The van der Waals surface area contributed by atoms with E-state index in [9.17, 15) is 9.59 Å². The van der Waals surface area contributed by atoms with Crippen LogP contribution in [0.1, 0.15) is 40.5 Å². The summed E-state index contributed by atoms with van der Waals surface area (Å²) in [4.78, 5) is 22.7. The van der Waals surface area contributed by atoms with E-state index in [-0.39, 0.29) is 6.10 Å². The Kier molecular flexibility index (Phi) is 7.26. The number of rotatable bonds is 7. The van der Waals surface area contributed by atoms with Crippen LogP contribution in [0.4, 0.5) is 0 Å². The third-order valence-corrected chi connectivity index (χ3v) is 2.44. The predicted molar refractivity (Wildman–Crippen MR) is 65.6 cm³/mol. The number of ether oxygens (including phenoxy) is 1. The first-order chi connectivity index (χ1) is 7.90. The maximum atomic E-state index is 11.6. The smallest absolute Gasteiger partial charge is 0.309 e. The highest BCUT2D eigenvalue weighted by atomic mass is 16.5. The summed E-state index contributed by atoms with van der Waals surface area (Å²) in [5, 5.41) is 9.08. The van der Waals surface area contributed by atoms with Crippen molar-refractivity contribution in [3.8, 4) is 0 Å². The molecule has 0 amide bonds. The first-order valence-corrected chi connectivity index (χ1v) is 5.98. The van der Waals surface area contributed by atoms with Crippen LogP contribution < -0.4 is 0 Å². The number of hydrogen-bond donors (Lipinski definition) is 1. The van der Waals surface area contributed by atoms with Gasteiger partial charge in [0.25, 0.3) is 0 Å². The molecule has 0 rings (SSSR count). The van der Waals surface area contributed by atoms with Crippen molar-refractivity contribution in [3.05, 3.63) is 12.2 Å². The molecule has 4 heteroatoms. The summed E-state index contributed by atoms with van der Waals surface area (Å²) in [7, 11) is 0. The monoisotopic (exact) mass is 242 g/mol. The molecule has 17 heavy (non-hydrogen) atoms. The molecular formula is C13H22O4. The molecule has 0 aromatic rings. The number of carboxylic acid groups (broad SMARTS) is 1. The third kappa shape index (κ3) is 6.09. The molecule has 0 saturated heterocycles. The molecule has 4 nitrogen and oxygen atoms in total. The standard InChI is InChI=1S/C13H22O4/c1-5-6-7-8-11(12(14)15)10(4)13(16)17-9(2)3/h6-7,9-11H,5,8H2,1-4H3,(H,14,15). The molecule has 2 atom stereocenters. The van der Waals surface area contributed by atoms with Gasteiger partial charge in [-0.15, -0.1) is 0 Å². The minimum absolute atomic E-state index is 0.217. The zero-order valence-electron chi connectivity index (χ0n) is 11.0. The molecule has 0 radical (unpaired) electrons. The van der Waals surface area contributed by atoms with Crippen molar-refractivity contribution >= 4 is 11.9 Å². The SMILES string of the molecule is CCC=CCC(C(=O)O)C(C)C(=O)OC(C)C. The highest BCUT2D eigenvalue weighted by molar-refractivity contribution is 5.81. The lowest BCUT2D eigenvalue weighted by atomic mass is 9.91. The third-order valence-electron chi connectivity index (χ3n) is 2.44. The lowest BCUT2D eigenvalue weighted by Crippen LogP contribution is -2.30. The zero-order valence-corrected chi connectivity index (χ0v) is 11.0. The maximum absolute atomic E-state index is 11.6. The number of allylic oxidation sites excluding steroid dienone is 2. The van der Waals surface area contributed by atoms with Gasteiger partial charge in [0.05, 0.1) is 17.9 Å². The van der Waals surface area contributed by atoms with Gasteiger partial charge in [-0.2, -0.15) is 0 Å². The molecule has 0 aromatic carbocycles. The highest BCUT2D eigenvalue weighted by Crippen LogP contribution is 2.19. The first-order valence-electron chi connectivity index (χ1n) is 5.98. The van der Waals surface area contributed by atoms with E-state index in [4.69, 9.17) is 9.84 Å². The Morgan fingerprint density at radius 3 is 2.24 bits per heavy atom. The summed E-state index contributed by atoms with van der Waals surface area (Å²) >= 11 is 0. The fourth-order valence-electron chi connectivity index (χ4n) is 1.43. The molecule has 0 bridgehead atoms. The zero-order chi connectivity index (χ0) is 13.4. The molecule has 0 aliphatic rings. The van der Waals surface area contributed by atoms with Gasteiger partial charge in [0, 0.05) is 0 Å². The van der Waals surface area contributed by atoms with Crippen LogP contribution in [-0.4, -0.2) is 23.1 Å². The van der Waals surface area contributed by atoms with Gasteiger partial charge in [-0.25, -0.2) is 0 Å². The summed E-state index contributed by atoms with van der Waals surface area (Å²) in [5.74, 6) is -2.75. The average Bonchev–Trinajstić information content (AvgIpc) is 2.22. The van der Waals surface area contributed by atoms with Gasteiger partial charge in [-0.1, -0.05) is 26.0 Å². The van der Waals surface area contributed by atoms with E-state index in [2.05, 4.69) is 0 Å². The normalized spacial score (nSPS) is 14.9. The first kappa shape index (κ1) is 15.7. The molecule has 0 saturated carbocycles. The fourth-order valence-corrected chi connectivity index (χ4v) is 1.43. The number of aliphatic carboxylic acids is 1. The second-order valence-electron chi connectivity index (χ2n) is 4.33. The van der Waals surface area contributed by atoms with Crippen molar-refractivity contribution in [1.82, 2.24) is 0 Å². The van der Waals surface area contributed by atoms with Gasteiger partial charge in [0.1, 0.15) is 0 Å². The number of carbonyl (C=O) groups excluding carboxylic acids is 1. The van der Waals surface area contributed by atoms with Gasteiger partial charge in [-0.3, -0.25) is 9.59 Å². The lowest BCUT2D eigenvalue weighted by molar-refractivity contribution is -0.159. The van der Waals surface area contributed by atoms with Gasteiger partial charge in [-0.05, 0) is 26.7 Å². The number of hydrogen-bond acceptors (Lipinski definition) is 3. The van der Waals surface area contributed by atoms with Crippen molar-refractivity contribution in [2.24, 2.45) is 11.8 Å². The number of esters is 1. The fraction of sp³-hybridized carbons (Fsp3) is 0.692. The van der Waals surface area contributed by atoms with Crippen LogP contribution in [0.5, 0.6) is 0 Å². The molecular weight excluding hydrogens is 220 g/mol. The predicted octanol–water partition coefficient (Wildman–Crippen LogP) is 2.63. The van der Waals surface area contributed by atoms with Crippen molar-refractivity contribution < 1.29 is 19.4 Å². The van der Waals surface area contributed by atoms with Crippen molar-refractivity contribution in [2.75, 3.05) is 0 Å². The quantitative estimate of drug-likeness (QED) is 0.550. The summed E-state index contributed by atoms with van der Waals surface area (Å²) in [6, 6.07) is 0. The minimum Gasteiger partial charge on any atom is -0.481 e. The van der Waals surface area contributed by atoms with Gasteiger partial charge in [0.2, 0.25) is 0 Å². The van der Waals surface area contributed by atoms with Crippen LogP contribution in [0.2, 0.25) is 0 Å². The van der Waals surface area contributed by atoms with Crippen LogP contribution in [0.15, 0.2) is 12.2 Å².